The molecular formula is C21H18N2O3. The van der Waals surface area contributed by atoms with E-state index in [9.17, 15) is 4.79 Å². The molecule has 0 atom stereocenters. The van der Waals surface area contributed by atoms with Gasteiger partial charge in [-0.05, 0) is 55.0 Å². The zero-order valence-corrected chi connectivity index (χ0v) is 14.3. The molecule has 0 saturated heterocycles. The number of carbonyl (C=O) groups excluding carboxylic acids is 1. The molecule has 26 heavy (non-hydrogen) atoms. The fraction of sp³-hybridized carbons (Fsp3) is 0.0952. The van der Waals surface area contributed by atoms with Gasteiger partial charge < -0.3 is 20.1 Å². The quantitative estimate of drug-likeness (QED) is 0.718. The van der Waals surface area contributed by atoms with Crippen LogP contribution >= 0.6 is 0 Å². The largest absolute Gasteiger partial charge is 0.454 e. The van der Waals surface area contributed by atoms with Gasteiger partial charge in [-0.3, -0.25) is 4.79 Å². The van der Waals surface area contributed by atoms with Crippen LogP contribution in [0, 0.1) is 6.92 Å². The van der Waals surface area contributed by atoms with Gasteiger partial charge in [-0.15, -0.1) is 0 Å². The van der Waals surface area contributed by atoms with E-state index in [1.807, 2.05) is 73.7 Å². The molecule has 5 nitrogen and oxygen atoms in total. The third kappa shape index (κ3) is 3.32. The monoisotopic (exact) mass is 346 g/mol. The SMILES string of the molecule is Cc1ccccc1C(=O)Nc1ccc(Nc2ccc3c(c2)OCO3)cc1. The number of carbonyl (C=O) groups is 1. The first kappa shape index (κ1) is 16.0. The van der Waals surface area contributed by atoms with Gasteiger partial charge in [0.15, 0.2) is 11.5 Å². The number of amides is 1. The summed E-state index contributed by atoms with van der Waals surface area (Å²) in [6.07, 6.45) is 0. The van der Waals surface area contributed by atoms with Crippen molar-refractivity contribution in [2.45, 2.75) is 6.92 Å². The Morgan fingerprint density at radius 2 is 1.54 bits per heavy atom. The Labute approximate surface area is 151 Å². The lowest BCUT2D eigenvalue weighted by atomic mass is 10.1. The van der Waals surface area contributed by atoms with Crippen LogP contribution in [0.25, 0.3) is 0 Å². The third-order valence-electron chi connectivity index (χ3n) is 4.19. The van der Waals surface area contributed by atoms with E-state index in [4.69, 9.17) is 9.47 Å². The highest BCUT2D eigenvalue weighted by atomic mass is 16.7. The summed E-state index contributed by atoms with van der Waals surface area (Å²) in [6, 6.07) is 20.8. The maximum Gasteiger partial charge on any atom is 0.255 e. The molecule has 1 aliphatic heterocycles. The van der Waals surface area contributed by atoms with Crippen LogP contribution in [0.15, 0.2) is 66.7 Å². The van der Waals surface area contributed by atoms with E-state index in [1.165, 1.54) is 0 Å². The van der Waals surface area contributed by atoms with Gasteiger partial charge in [0.1, 0.15) is 0 Å². The van der Waals surface area contributed by atoms with Crippen molar-refractivity contribution in [3.05, 3.63) is 77.9 Å². The topological polar surface area (TPSA) is 59.6 Å². The van der Waals surface area contributed by atoms with Crippen LogP contribution in [-0.4, -0.2) is 12.7 Å². The highest BCUT2D eigenvalue weighted by molar-refractivity contribution is 6.05. The molecule has 0 spiro atoms. The maximum atomic E-state index is 12.4. The molecule has 0 bridgehead atoms. The van der Waals surface area contributed by atoms with Crippen molar-refractivity contribution in [1.82, 2.24) is 0 Å². The van der Waals surface area contributed by atoms with Gasteiger partial charge in [0.05, 0.1) is 0 Å². The number of fused-ring (bicyclic) bond motifs is 1. The molecule has 3 aromatic rings. The fourth-order valence-electron chi connectivity index (χ4n) is 2.80. The van der Waals surface area contributed by atoms with Crippen molar-refractivity contribution in [3.8, 4) is 11.5 Å². The standard InChI is InChI=1S/C21H18N2O3/c1-14-4-2-3-5-18(14)21(24)23-16-8-6-15(7-9-16)22-17-10-11-19-20(12-17)26-13-25-19/h2-12,22H,13H2,1H3,(H,23,24). The van der Waals surface area contributed by atoms with E-state index in [-0.39, 0.29) is 12.7 Å². The second-order valence-electron chi connectivity index (χ2n) is 6.04. The molecule has 0 fully saturated rings. The molecule has 0 aliphatic carbocycles. The Morgan fingerprint density at radius 3 is 2.35 bits per heavy atom. The Hall–Kier alpha value is -3.47. The maximum absolute atomic E-state index is 12.4. The van der Waals surface area contributed by atoms with Crippen molar-refractivity contribution < 1.29 is 14.3 Å². The van der Waals surface area contributed by atoms with Crippen LogP contribution in [0.1, 0.15) is 15.9 Å². The molecule has 4 rings (SSSR count). The van der Waals surface area contributed by atoms with Gasteiger partial charge in [0, 0.05) is 28.7 Å². The number of aryl methyl sites for hydroxylation is 1. The predicted octanol–water partition coefficient (Wildman–Crippen LogP) is 4.72. The Kier molecular flexibility index (Phi) is 4.19. The van der Waals surface area contributed by atoms with E-state index < -0.39 is 0 Å². The zero-order valence-electron chi connectivity index (χ0n) is 14.3. The summed E-state index contributed by atoms with van der Waals surface area (Å²) in [5, 5.41) is 6.23. The van der Waals surface area contributed by atoms with Gasteiger partial charge in [0.25, 0.3) is 5.91 Å². The first-order valence-electron chi connectivity index (χ1n) is 8.33. The zero-order chi connectivity index (χ0) is 17.9. The lowest BCUT2D eigenvalue weighted by Gasteiger charge is -2.10. The first-order valence-corrected chi connectivity index (χ1v) is 8.33. The molecule has 5 heteroatoms. The summed E-state index contributed by atoms with van der Waals surface area (Å²) < 4.78 is 10.7. The highest BCUT2D eigenvalue weighted by Gasteiger charge is 2.13. The van der Waals surface area contributed by atoms with E-state index in [0.29, 0.717) is 5.56 Å². The van der Waals surface area contributed by atoms with Crippen molar-refractivity contribution in [1.29, 1.82) is 0 Å². The molecule has 2 N–H and O–H groups in total. The van der Waals surface area contributed by atoms with Crippen molar-refractivity contribution in [2.75, 3.05) is 17.4 Å². The van der Waals surface area contributed by atoms with Crippen LogP contribution in [0.3, 0.4) is 0 Å². The van der Waals surface area contributed by atoms with E-state index in [0.717, 1.165) is 34.1 Å². The van der Waals surface area contributed by atoms with E-state index >= 15 is 0 Å². The van der Waals surface area contributed by atoms with E-state index in [2.05, 4.69) is 10.6 Å². The van der Waals surface area contributed by atoms with Crippen LogP contribution in [0.2, 0.25) is 0 Å². The average molecular weight is 346 g/mol. The van der Waals surface area contributed by atoms with Crippen molar-refractivity contribution >= 4 is 23.0 Å². The molecule has 1 heterocycles. The van der Waals surface area contributed by atoms with Crippen molar-refractivity contribution in [3.63, 3.8) is 0 Å². The normalized spacial score (nSPS) is 11.9. The summed E-state index contributed by atoms with van der Waals surface area (Å²) in [6.45, 7) is 2.18. The second kappa shape index (κ2) is 6.80. The number of hydrogen-bond acceptors (Lipinski definition) is 4. The smallest absolute Gasteiger partial charge is 0.255 e. The molecule has 1 amide bonds. The van der Waals surface area contributed by atoms with Crippen LogP contribution < -0.4 is 20.1 Å². The lowest BCUT2D eigenvalue weighted by molar-refractivity contribution is 0.102. The highest BCUT2D eigenvalue weighted by Crippen LogP contribution is 2.35. The summed E-state index contributed by atoms with van der Waals surface area (Å²) in [7, 11) is 0. The minimum atomic E-state index is -0.111. The van der Waals surface area contributed by atoms with Crippen LogP contribution in [0.4, 0.5) is 17.1 Å². The number of benzene rings is 3. The number of nitrogens with one attached hydrogen (secondary N) is 2. The molecule has 0 radical (unpaired) electrons. The summed E-state index contributed by atoms with van der Waals surface area (Å²) in [5.74, 6) is 1.38. The molecular weight excluding hydrogens is 328 g/mol. The van der Waals surface area contributed by atoms with E-state index in [1.54, 1.807) is 0 Å². The lowest BCUT2D eigenvalue weighted by Crippen LogP contribution is -2.13. The van der Waals surface area contributed by atoms with Gasteiger partial charge >= 0.3 is 0 Å². The van der Waals surface area contributed by atoms with Crippen LogP contribution in [-0.2, 0) is 0 Å². The summed E-state index contributed by atoms with van der Waals surface area (Å²) >= 11 is 0. The molecule has 1 aliphatic rings. The number of ether oxygens (including phenoxy) is 2. The van der Waals surface area contributed by atoms with Gasteiger partial charge in [-0.2, -0.15) is 0 Å². The number of hydrogen-bond donors (Lipinski definition) is 2. The molecule has 0 unspecified atom stereocenters. The Bertz CT molecular complexity index is 952. The minimum Gasteiger partial charge on any atom is -0.454 e. The third-order valence-corrected chi connectivity index (χ3v) is 4.19. The first-order chi connectivity index (χ1) is 12.7. The van der Waals surface area contributed by atoms with Gasteiger partial charge in [-0.25, -0.2) is 0 Å². The Morgan fingerprint density at radius 1 is 0.846 bits per heavy atom. The molecule has 0 saturated carbocycles. The molecule has 0 aromatic heterocycles. The van der Waals surface area contributed by atoms with Crippen molar-refractivity contribution in [2.24, 2.45) is 0 Å². The van der Waals surface area contributed by atoms with Gasteiger partial charge in [-0.1, -0.05) is 18.2 Å². The number of rotatable bonds is 4. The fourth-order valence-corrected chi connectivity index (χ4v) is 2.80. The van der Waals surface area contributed by atoms with Gasteiger partial charge in [0.2, 0.25) is 6.79 Å². The van der Waals surface area contributed by atoms with Crippen LogP contribution in [0.5, 0.6) is 11.5 Å². The predicted molar refractivity (Wildman–Crippen MR) is 101 cm³/mol. The summed E-state index contributed by atoms with van der Waals surface area (Å²) in [4.78, 5) is 12.4. The number of anilines is 3. The second-order valence-corrected chi connectivity index (χ2v) is 6.04. The molecule has 130 valence electrons. The molecule has 3 aromatic carbocycles. The summed E-state index contributed by atoms with van der Waals surface area (Å²) in [5.41, 5.74) is 4.19. The minimum absolute atomic E-state index is 0.111. The Balaban J connectivity index is 1.44. The average Bonchev–Trinajstić information content (AvgIpc) is 3.11.